The van der Waals surface area contributed by atoms with Gasteiger partial charge in [0.1, 0.15) is 24.3 Å². The summed E-state index contributed by atoms with van der Waals surface area (Å²) < 4.78 is 74.9. The lowest BCUT2D eigenvalue weighted by Crippen LogP contribution is -2.38. The van der Waals surface area contributed by atoms with Crippen LogP contribution in [0.4, 0.5) is 22.4 Å². The van der Waals surface area contributed by atoms with Crippen LogP contribution in [-0.2, 0) is 16.1 Å². The van der Waals surface area contributed by atoms with Crippen molar-refractivity contribution in [1.82, 2.24) is 10.3 Å². The Morgan fingerprint density at radius 2 is 1.70 bits per heavy atom. The van der Waals surface area contributed by atoms with Gasteiger partial charge in [0.05, 0.1) is 0 Å². The molecule has 3 aromatic carbocycles. The SMILES string of the molecule is C[C@H](OC(N)=O)c1oc(-c2ccc(OC(F)F)c(OCc3ccccc3)c2)nc1C(=O)NC(C(N)=O)c1ccc(F)cc1F. The van der Waals surface area contributed by atoms with Crippen molar-refractivity contribution in [2.45, 2.75) is 32.3 Å². The summed E-state index contributed by atoms with van der Waals surface area (Å²) in [5.41, 5.74) is 10.3. The number of alkyl halides is 2. The molecule has 11 nitrogen and oxygen atoms in total. The molecule has 0 radical (unpaired) electrons. The van der Waals surface area contributed by atoms with Crippen LogP contribution in [0.15, 0.2) is 71.1 Å². The van der Waals surface area contributed by atoms with Gasteiger partial charge in [0.25, 0.3) is 5.91 Å². The molecule has 2 atom stereocenters. The first-order valence-electron chi connectivity index (χ1n) is 12.7. The summed E-state index contributed by atoms with van der Waals surface area (Å²) in [6, 6.07) is 13.0. The van der Waals surface area contributed by atoms with E-state index < -0.39 is 59.6 Å². The number of oxazole rings is 1. The molecule has 0 aliphatic rings. The van der Waals surface area contributed by atoms with Crippen molar-refractivity contribution in [3.63, 3.8) is 0 Å². The number of carbonyl (C=O) groups is 3. The summed E-state index contributed by atoms with van der Waals surface area (Å²) in [5, 5.41) is 2.21. The molecular weight excluding hydrogens is 592 g/mol. The van der Waals surface area contributed by atoms with Crippen LogP contribution >= 0.6 is 0 Å². The van der Waals surface area contributed by atoms with Crippen LogP contribution < -0.4 is 26.3 Å². The first-order valence-corrected chi connectivity index (χ1v) is 12.7. The normalized spacial score (nSPS) is 12.3. The highest BCUT2D eigenvalue weighted by Gasteiger charge is 2.31. The van der Waals surface area contributed by atoms with Crippen molar-refractivity contribution in [3.05, 3.63) is 101 Å². The van der Waals surface area contributed by atoms with Gasteiger partial charge >= 0.3 is 12.7 Å². The Bertz CT molecular complexity index is 1670. The van der Waals surface area contributed by atoms with Gasteiger partial charge in [-0.1, -0.05) is 36.4 Å². The van der Waals surface area contributed by atoms with Crippen LogP contribution in [0.25, 0.3) is 11.5 Å². The van der Waals surface area contributed by atoms with E-state index in [0.29, 0.717) is 6.07 Å². The molecule has 230 valence electrons. The van der Waals surface area contributed by atoms with Crippen LogP contribution in [0.2, 0.25) is 0 Å². The number of hydrogen-bond acceptors (Lipinski definition) is 8. The van der Waals surface area contributed by atoms with Crippen molar-refractivity contribution in [2.75, 3.05) is 0 Å². The van der Waals surface area contributed by atoms with Gasteiger partial charge in [0, 0.05) is 17.2 Å². The van der Waals surface area contributed by atoms with Crippen molar-refractivity contribution in [2.24, 2.45) is 11.5 Å². The molecular formula is C29H24F4N4O7. The standard InChI is InChI=1S/C29H24F4N4O7/c1-14(42-29(35)40)24-23(26(39)36-22(25(34)38)18-9-8-17(30)12-19(18)31)37-27(44-24)16-7-10-20(43-28(32)33)21(11-16)41-13-15-5-3-2-4-6-15/h2-12,14,22,28H,13H2,1H3,(H2,34,38)(H2,35,40)(H,36,39)/t14-,22?/m0/s1. The molecule has 3 amide bonds. The maximum atomic E-state index is 14.4. The Morgan fingerprint density at radius 3 is 2.34 bits per heavy atom. The van der Waals surface area contributed by atoms with E-state index in [4.69, 9.17) is 25.4 Å². The first kappa shape index (κ1) is 31.3. The molecule has 1 heterocycles. The number of amides is 3. The van der Waals surface area contributed by atoms with Gasteiger partial charge in [-0.05, 0) is 36.8 Å². The molecule has 44 heavy (non-hydrogen) atoms. The monoisotopic (exact) mass is 616 g/mol. The average Bonchev–Trinajstić information content (AvgIpc) is 3.41. The molecule has 4 rings (SSSR count). The number of primary amides is 2. The van der Waals surface area contributed by atoms with E-state index in [-0.39, 0.29) is 35.3 Å². The van der Waals surface area contributed by atoms with E-state index >= 15 is 0 Å². The molecule has 1 unspecified atom stereocenters. The highest BCUT2D eigenvalue weighted by Crippen LogP contribution is 2.36. The number of hydrogen-bond donors (Lipinski definition) is 3. The maximum absolute atomic E-state index is 14.4. The third kappa shape index (κ3) is 7.61. The molecule has 0 aliphatic carbocycles. The number of nitrogens with one attached hydrogen (secondary N) is 1. The number of rotatable bonds is 12. The molecule has 15 heteroatoms. The van der Waals surface area contributed by atoms with Gasteiger partial charge < -0.3 is 35.4 Å². The zero-order chi connectivity index (χ0) is 32.0. The summed E-state index contributed by atoms with van der Waals surface area (Å²) in [5.74, 6) is -5.46. The molecule has 0 saturated heterocycles. The van der Waals surface area contributed by atoms with Gasteiger partial charge in [0.2, 0.25) is 11.8 Å². The number of nitrogens with zero attached hydrogens (tertiary/aromatic N) is 1. The quantitative estimate of drug-likeness (QED) is 0.189. The second-order valence-corrected chi connectivity index (χ2v) is 9.10. The Hall–Kier alpha value is -5.60. The molecule has 1 aromatic heterocycles. The number of ether oxygens (including phenoxy) is 3. The second-order valence-electron chi connectivity index (χ2n) is 9.10. The third-order valence-corrected chi connectivity index (χ3v) is 6.01. The van der Waals surface area contributed by atoms with Crippen molar-refractivity contribution in [1.29, 1.82) is 0 Å². The maximum Gasteiger partial charge on any atom is 0.405 e. The molecule has 0 saturated carbocycles. The van der Waals surface area contributed by atoms with Crippen LogP contribution in [0.5, 0.6) is 11.5 Å². The van der Waals surface area contributed by atoms with Gasteiger partial charge in [-0.2, -0.15) is 8.78 Å². The Labute approximate surface area is 246 Å². The second kappa shape index (κ2) is 13.6. The average molecular weight is 617 g/mol. The zero-order valence-electron chi connectivity index (χ0n) is 22.8. The van der Waals surface area contributed by atoms with E-state index in [1.54, 1.807) is 30.3 Å². The fraction of sp³-hybridized carbons (Fsp3) is 0.172. The smallest absolute Gasteiger partial charge is 0.405 e. The summed E-state index contributed by atoms with van der Waals surface area (Å²) in [7, 11) is 0. The zero-order valence-corrected chi connectivity index (χ0v) is 22.8. The summed E-state index contributed by atoms with van der Waals surface area (Å²) in [6.45, 7) is -1.89. The first-order chi connectivity index (χ1) is 20.9. The van der Waals surface area contributed by atoms with Crippen molar-refractivity contribution in [3.8, 4) is 23.0 Å². The van der Waals surface area contributed by atoms with Crippen molar-refractivity contribution >= 4 is 17.9 Å². The summed E-state index contributed by atoms with van der Waals surface area (Å²) in [4.78, 5) is 41.0. The largest absolute Gasteiger partial charge is 0.485 e. The minimum absolute atomic E-state index is 0.0215. The van der Waals surface area contributed by atoms with Gasteiger partial charge in [-0.25, -0.2) is 18.6 Å². The van der Waals surface area contributed by atoms with E-state index in [1.807, 2.05) is 0 Å². The minimum atomic E-state index is -3.17. The highest BCUT2D eigenvalue weighted by atomic mass is 19.3. The molecule has 0 spiro atoms. The topological polar surface area (TPSA) is 169 Å². The Balaban J connectivity index is 1.72. The predicted octanol–water partition coefficient (Wildman–Crippen LogP) is 4.91. The van der Waals surface area contributed by atoms with Crippen LogP contribution in [0.3, 0.4) is 0 Å². The summed E-state index contributed by atoms with van der Waals surface area (Å²) >= 11 is 0. The molecule has 5 N–H and O–H groups in total. The van der Waals surface area contributed by atoms with Crippen LogP contribution in [0.1, 0.15) is 46.4 Å². The Morgan fingerprint density at radius 1 is 0.977 bits per heavy atom. The fourth-order valence-corrected chi connectivity index (χ4v) is 4.04. The number of carbonyl (C=O) groups excluding carboxylic acids is 3. The molecule has 0 fully saturated rings. The van der Waals surface area contributed by atoms with Crippen LogP contribution in [0, 0.1) is 11.6 Å². The molecule has 0 aliphatic heterocycles. The van der Waals surface area contributed by atoms with Gasteiger partial charge in [-0.15, -0.1) is 0 Å². The van der Waals surface area contributed by atoms with Crippen LogP contribution in [-0.4, -0.2) is 29.5 Å². The third-order valence-electron chi connectivity index (χ3n) is 6.01. The minimum Gasteiger partial charge on any atom is -0.485 e. The fourth-order valence-electron chi connectivity index (χ4n) is 4.04. The van der Waals surface area contributed by atoms with E-state index in [2.05, 4.69) is 15.0 Å². The number of halogens is 4. The lowest BCUT2D eigenvalue weighted by atomic mass is 10.0. The lowest BCUT2D eigenvalue weighted by Gasteiger charge is -2.17. The van der Waals surface area contributed by atoms with Gasteiger partial charge in [-0.3, -0.25) is 9.59 Å². The van der Waals surface area contributed by atoms with E-state index in [0.717, 1.165) is 23.8 Å². The number of aromatic nitrogens is 1. The van der Waals surface area contributed by atoms with E-state index in [9.17, 15) is 31.9 Å². The number of benzene rings is 3. The number of nitrogens with two attached hydrogens (primary N) is 2. The molecule has 0 bridgehead atoms. The highest BCUT2D eigenvalue weighted by molar-refractivity contribution is 5.97. The van der Waals surface area contributed by atoms with Gasteiger partial charge in [0.15, 0.2) is 29.1 Å². The van der Waals surface area contributed by atoms with Crippen molar-refractivity contribution < 1.29 is 50.6 Å². The summed E-state index contributed by atoms with van der Waals surface area (Å²) in [6.07, 6.45) is -2.53. The predicted molar refractivity (Wildman–Crippen MR) is 144 cm³/mol. The lowest BCUT2D eigenvalue weighted by molar-refractivity contribution is -0.120. The molecule has 4 aromatic rings. The van der Waals surface area contributed by atoms with E-state index in [1.165, 1.54) is 19.1 Å². The Kier molecular flexibility index (Phi) is 9.67.